The molecule has 266 valence electrons. The van der Waals surface area contributed by atoms with Crippen molar-refractivity contribution < 1.29 is 28.7 Å². The molecule has 0 aliphatic carbocycles. The molecule has 1 fully saturated rings. The van der Waals surface area contributed by atoms with Crippen LogP contribution in [-0.4, -0.2) is 103 Å². The van der Waals surface area contributed by atoms with Crippen molar-refractivity contribution in [2.24, 2.45) is 5.92 Å². The first-order valence-electron chi connectivity index (χ1n) is 17.2. The third-order valence-electron chi connectivity index (χ3n) is 9.02. The summed E-state index contributed by atoms with van der Waals surface area (Å²) in [6.07, 6.45) is 4.16. The summed E-state index contributed by atoms with van der Waals surface area (Å²) in [7, 11) is 1.52. The zero-order valence-corrected chi connectivity index (χ0v) is 29.0. The van der Waals surface area contributed by atoms with Crippen LogP contribution in [0.1, 0.15) is 42.9 Å². The van der Waals surface area contributed by atoms with Crippen LogP contribution in [0.5, 0.6) is 5.75 Å². The number of amides is 4. The molecule has 2 bridgehead atoms. The second-order valence-corrected chi connectivity index (χ2v) is 13.4. The Bertz CT molecular complexity index is 1590. The number of pyridine rings is 1. The number of hydrogen-bond donors (Lipinski definition) is 3. The van der Waals surface area contributed by atoms with E-state index in [1.165, 1.54) is 12.0 Å². The molecule has 2 aliphatic rings. The number of carbonyl (C=O) groups excluding carboxylic acids is 4. The lowest BCUT2D eigenvalue weighted by Gasteiger charge is -2.29. The highest BCUT2D eigenvalue weighted by molar-refractivity contribution is 5.93. The second-order valence-electron chi connectivity index (χ2n) is 13.4. The van der Waals surface area contributed by atoms with Crippen LogP contribution in [0.15, 0.2) is 79.1 Å². The van der Waals surface area contributed by atoms with Crippen molar-refractivity contribution >= 4 is 23.6 Å². The molecule has 12 heteroatoms. The quantitative estimate of drug-likeness (QED) is 0.312. The van der Waals surface area contributed by atoms with Crippen molar-refractivity contribution in [1.29, 1.82) is 0 Å². The lowest BCUT2D eigenvalue weighted by Crippen LogP contribution is -2.56. The molecule has 3 heterocycles. The molecule has 5 rings (SSSR count). The standard InChI is InChI=1S/C38H48N6O6/c1-26(2)18-33-38(48)44(16-17-49-3)24-35(45)40-32(19-27-8-5-4-6-9-27)37(47)42-34-23-43(21-28-12-14-39-15-13-28)22-31(34)29-10-7-11-30(20-29)50-25-36(46)41-33/h4-15,20,26,31-34H,16-19,21-25H2,1-3H3,(H,40,45)(H,41,46)(H,42,47)/t31-,32+,33-,34+/m1/s1. The Kier molecular flexibility index (Phi) is 12.9. The molecule has 4 atom stereocenters. The molecule has 0 saturated carbocycles. The van der Waals surface area contributed by atoms with Gasteiger partial charge in [-0.25, -0.2) is 0 Å². The van der Waals surface area contributed by atoms with Gasteiger partial charge in [0.2, 0.25) is 17.7 Å². The van der Waals surface area contributed by atoms with Gasteiger partial charge in [-0.1, -0.05) is 56.3 Å². The Balaban J connectivity index is 1.48. The summed E-state index contributed by atoms with van der Waals surface area (Å²) in [6, 6.07) is 19.0. The lowest BCUT2D eigenvalue weighted by atomic mass is 9.93. The SMILES string of the molecule is COCCN1CC(=O)N[C@@H](Cc2ccccc2)C(=O)N[C@H]2CN(Cc3ccncc3)C[C@@H]2c2cccc(c2)OCC(=O)N[C@H](CC(C)C)C1=O. The molecule has 1 saturated heterocycles. The summed E-state index contributed by atoms with van der Waals surface area (Å²) in [6.45, 7) is 5.56. The van der Waals surface area contributed by atoms with Crippen molar-refractivity contribution in [1.82, 2.24) is 30.7 Å². The summed E-state index contributed by atoms with van der Waals surface area (Å²) >= 11 is 0. The van der Waals surface area contributed by atoms with Gasteiger partial charge in [-0.15, -0.1) is 0 Å². The summed E-state index contributed by atoms with van der Waals surface area (Å²) in [5.41, 5.74) is 2.95. The van der Waals surface area contributed by atoms with Crippen molar-refractivity contribution in [3.05, 3.63) is 95.8 Å². The molecule has 0 spiro atoms. The number of hydrogen-bond acceptors (Lipinski definition) is 8. The van der Waals surface area contributed by atoms with Crippen LogP contribution in [0.3, 0.4) is 0 Å². The minimum absolute atomic E-state index is 0.0780. The maximum atomic E-state index is 14.2. The fraction of sp³-hybridized carbons (Fsp3) is 0.447. The number of nitrogens with zero attached hydrogens (tertiary/aromatic N) is 3. The van der Waals surface area contributed by atoms with Gasteiger partial charge in [-0.2, -0.15) is 0 Å². The molecule has 0 unspecified atom stereocenters. The molecular weight excluding hydrogens is 636 g/mol. The fourth-order valence-electron chi connectivity index (χ4n) is 6.60. The summed E-state index contributed by atoms with van der Waals surface area (Å²) in [4.78, 5) is 62.7. The number of ether oxygens (including phenoxy) is 2. The van der Waals surface area contributed by atoms with E-state index in [9.17, 15) is 19.2 Å². The van der Waals surface area contributed by atoms with Crippen molar-refractivity contribution in [3.63, 3.8) is 0 Å². The molecule has 4 amide bonds. The normalized spacial score (nSPS) is 22.5. The molecule has 3 N–H and O–H groups in total. The molecular formula is C38H48N6O6. The molecule has 2 aromatic carbocycles. The predicted molar refractivity (Wildman–Crippen MR) is 188 cm³/mol. The van der Waals surface area contributed by atoms with E-state index >= 15 is 0 Å². The van der Waals surface area contributed by atoms with Gasteiger partial charge >= 0.3 is 0 Å². The number of benzene rings is 2. The van der Waals surface area contributed by atoms with Crippen molar-refractivity contribution in [3.8, 4) is 5.75 Å². The molecule has 50 heavy (non-hydrogen) atoms. The first kappa shape index (κ1) is 36.5. The molecule has 3 aromatic rings. The maximum absolute atomic E-state index is 14.2. The maximum Gasteiger partial charge on any atom is 0.258 e. The van der Waals surface area contributed by atoms with Crippen LogP contribution in [0.4, 0.5) is 0 Å². The van der Waals surface area contributed by atoms with Gasteiger partial charge in [0.1, 0.15) is 17.8 Å². The number of likely N-dealkylation sites (tertiary alicyclic amines) is 1. The van der Waals surface area contributed by atoms with Crippen LogP contribution < -0.4 is 20.7 Å². The van der Waals surface area contributed by atoms with E-state index in [2.05, 4.69) is 25.8 Å². The van der Waals surface area contributed by atoms with E-state index < -0.39 is 29.8 Å². The molecule has 0 radical (unpaired) electrons. The Morgan fingerprint density at radius 2 is 1.64 bits per heavy atom. The van der Waals surface area contributed by atoms with Crippen molar-refractivity contribution in [2.45, 2.75) is 57.3 Å². The van der Waals surface area contributed by atoms with Crippen molar-refractivity contribution in [2.75, 3.05) is 46.5 Å². The van der Waals surface area contributed by atoms with Gasteiger partial charge in [0, 0.05) is 64.1 Å². The highest BCUT2D eigenvalue weighted by Gasteiger charge is 2.37. The molecule has 2 aliphatic heterocycles. The summed E-state index contributed by atoms with van der Waals surface area (Å²) in [5, 5.41) is 9.05. The Hall–Kier alpha value is -4.81. The van der Waals surface area contributed by atoms with Crippen LogP contribution in [0, 0.1) is 5.92 Å². The number of nitrogens with one attached hydrogen (secondary N) is 3. The van der Waals surface area contributed by atoms with Gasteiger partial charge in [0.25, 0.3) is 5.91 Å². The van der Waals surface area contributed by atoms with Crippen LogP contribution in [-0.2, 0) is 36.9 Å². The van der Waals surface area contributed by atoms with E-state index in [1.807, 2.05) is 74.5 Å². The third kappa shape index (κ3) is 10.3. The largest absolute Gasteiger partial charge is 0.484 e. The Morgan fingerprint density at radius 1 is 0.880 bits per heavy atom. The van der Waals surface area contributed by atoms with E-state index in [0.29, 0.717) is 31.8 Å². The Morgan fingerprint density at radius 3 is 2.38 bits per heavy atom. The number of aromatic nitrogens is 1. The molecule has 12 nitrogen and oxygen atoms in total. The average Bonchev–Trinajstić information content (AvgIpc) is 3.50. The smallest absolute Gasteiger partial charge is 0.258 e. The van der Waals surface area contributed by atoms with E-state index in [4.69, 9.17) is 9.47 Å². The first-order chi connectivity index (χ1) is 24.2. The van der Waals surface area contributed by atoms with Crippen LogP contribution in [0.25, 0.3) is 0 Å². The highest BCUT2D eigenvalue weighted by atomic mass is 16.5. The van der Waals surface area contributed by atoms with Gasteiger partial charge in [0.15, 0.2) is 6.61 Å². The van der Waals surface area contributed by atoms with Gasteiger partial charge in [0.05, 0.1) is 13.2 Å². The topological polar surface area (TPSA) is 142 Å². The predicted octanol–water partition coefficient (Wildman–Crippen LogP) is 2.29. The highest BCUT2D eigenvalue weighted by Crippen LogP contribution is 2.31. The van der Waals surface area contributed by atoms with Crippen LogP contribution in [0.2, 0.25) is 0 Å². The first-order valence-corrected chi connectivity index (χ1v) is 17.2. The number of methoxy groups -OCH3 is 1. The molecule has 1 aromatic heterocycles. The van der Waals surface area contributed by atoms with E-state index in [-0.39, 0.29) is 56.5 Å². The fourth-order valence-corrected chi connectivity index (χ4v) is 6.60. The second kappa shape index (κ2) is 17.7. The third-order valence-corrected chi connectivity index (χ3v) is 9.02. The number of fused-ring (bicyclic) bond motifs is 4. The van der Waals surface area contributed by atoms with E-state index in [1.54, 1.807) is 18.5 Å². The average molecular weight is 685 g/mol. The monoisotopic (exact) mass is 684 g/mol. The summed E-state index contributed by atoms with van der Waals surface area (Å²) < 4.78 is 11.2. The van der Waals surface area contributed by atoms with Gasteiger partial charge < -0.3 is 30.3 Å². The van der Waals surface area contributed by atoms with Gasteiger partial charge in [-0.3, -0.25) is 29.1 Å². The number of carbonyl (C=O) groups is 4. The Labute approximate surface area is 293 Å². The minimum atomic E-state index is -0.904. The number of rotatable bonds is 9. The zero-order chi connectivity index (χ0) is 35.5. The lowest BCUT2D eigenvalue weighted by molar-refractivity contribution is -0.141. The summed E-state index contributed by atoms with van der Waals surface area (Å²) in [5.74, 6) is -1.15. The zero-order valence-electron chi connectivity index (χ0n) is 29.0. The van der Waals surface area contributed by atoms with Crippen LogP contribution >= 0.6 is 0 Å². The minimum Gasteiger partial charge on any atom is -0.484 e. The van der Waals surface area contributed by atoms with Gasteiger partial charge in [-0.05, 0) is 53.3 Å². The van der Waals surface area contributed by atoms with E-state index in [0.717, 1.165) is 16.7 Å².